The van der Waals surface area contributed by atoms with E-state index in [-0.39, 0.29) is 6.10 Å². The van der Waals surface area contributed by atoms with Crippen LogP contribution in [0, 0.1) is 0 Å². The Hall–Kier alpha value is -0.860. The molecule has 2 rings (SSSR count). The third-order valence-electron chi connectivity index (χ3n) is 3.64. The van der Waals surface area contributed by atoms with Crippen LogP contribution in [-0.2, 0) is 0 Å². The molecule has 1 aromatic carbocycles. The van der Waals surface area contributed by atoms with E-state index in [9.17, 15) is 5.11 Å². The van der Waals surface area contributed by atoms with E-state index in [0.717, 1.165) is 24.4 Å². The molecular weight excluding hydrogens is 210 g/mol. The monoisotopic (exact) mass is 233 g/mol. The molecule has 1 aliphatic rings. The van der Waals surface area contributed by atoms with Crippen LogP contribution in [0.4, 0.5) is 0 Å². The average molecular weight is 233 g/mol. The second kappa shape index (κ2) is 6.18. The molecule has 1 saturated carbocycles. The Morgan fingerprint density at radius 2 is 2.24 bits per heavy atom. The van der Waals surface area contributed by atoms with Crippen molar-refractivity contribution in [3.63, 3.8) is 0 Å². The number of nitrogens with one attached hydrogen (secondary N) is 1. The quantitative estimate of drug-likeness (QED) is 0.740. The highest BCUT2D eigenvalue weighted by Crippen LogP contribution is 2.36. The van der Waals surface area contributed by atoms with E-state index in [2.05, 4.69) is 30.4 Å². The van der Waals surface area contributed by atoms with E-state index < -0.39 is 0 Å². The van der Waals surface area contributed by atoms with Crippen molar-refractivity contribution in [2.24, 2.45) is 0 Å². The molecule has 1 aromatic rings. The standard InChI is InChI=1S/C15H23NO/c1-2-9-16-11-15(17)14-8-4-7-13(10-14)12-5-3-6-12/h4,7-8,10,12,15-17H,2-3,5-6,9,11H2,1H3. The van der Waals surface area contributed by atoms with Crippen LogP contribution in [0.15, 0.2) is 24.3 Å². The lowest BCUT2D eigenvalue weighted by molar-refractivity contribution is 0.175. The Balaban J connectivity index is 1.94. The lowest BCUT2D eigenvalue weighted by Crippen LogP contribution is -2.22. The van der Waals surface area contributed by atoms with Crippen molar-refractivity contribution < 1.29 is 5.11 Å². The van der Waals surface area contributed by atoms with Gasteiger partial charge in [-0.3, -0.25) is 0 Å². The molecule has 0 bridgehead atoms. The summed E-state index contributed by atoms with van der Waals surface area (Å²) in [6.45, 7) is 3.76. The Bertz CT molecular complexity index is 347. The van der Waals surface area contributed by atoms with Crippen LogP contribution in [0.1, 0.15) is 55.8 Å². The van der Waals surface area contributed by atoms with Crippen molar-refractivity contribution in [2.45, 2.75) is 44.6 Å². The minimum absolute atomic E-state index is 0.374. The molecule has 2 nitrogen and oxygen atoms in total. The molecule has 0 aromatic heterocycles. The Kier molecular flexibility index (Phi) is 4.57. The van der Waals surface area contributed by atoms with E-state index in [1.807, 2.05) is 6.07 Å². The molecule has 0 heterocycles. The number of benzene rings is 1. The smallest absolute Gasteiger partial charge is 0.0914 e. The van der Waals surface area contributed by atoms with Crippen LogP contribution < -0.4 is 5.32 Å². The first-order valence-electron chi connectivity index (χ1n) is 6.80. The molecule has 0 saturated heterocycles. The van der Waals surface area contributed by atoms with E-state index in [0.29, 0.717) is 6.54 Å². The van der Waals surface area contributed by atoms with Crippen molar-refractivity contribution in [3.05, 3.63) is 35.4 Å². The van der Waals surface area contributed by atoms with Crippen molar-refractivity contribution in [1.29, 1.82) is 0 Å². The maximum atomic E-state index is 10.1. The van der Waals surface area contributed by atoms with Gasteiger partial charge in [0.1, 0.15) is 0 Å². The molecule has 0 amide bonds. The van der Waals surface area contributed by atoms with Crippen LogP contribution in [0.3, 0.4) is 0 Å². The van der Waals surface area contributed by atoms with Crippen LogP contribution >= 0.6 is 0 Å². The van der Waals surface area contributed by atoms with Crippen molar-refractivity contribution in [1.82, 2.24) is 5.32 Å². The fraction of sp³-hybridized carbons (Fsp3) is 0.600. The van der Waals surface area contributed by atoms with Gasteiger partial charge < -0.3 is 10.4 Å². The second-order valence-corrected chi connectivity index (χ2v) is 5.02. The number of hydrogen-bond donors (Lipinski definition) is 2. The lowest BCUT2D eigenvalue weighted by atomic mass is 9.79. The number of aliphatic hydroxyl groups excluding tert-OH is 1. The van der Waals surface area contributed by atoms with Gasteiger partial charge in [-0.1, -0.05) is 37.6 Å². The summed E-state index contributed by atoms with van der Waals surface area (Å²) in [6, 6.07) is 8.48. The molecule has 0 aliphatic heterocycles. The third kappa shape index (κ3) is 3.30. The second-order valence-electron chi connectivity index (χ2n) is 5.02. The molecule has 2 N–H and O–H groups in total. The molecular formula is C15H23NO. The molecule has 1 atom stereocenters. The van der Waals surface area contributed by atoms with Gasteiger partial charge in [0.25, 0.3) is 0 Å². The SMILES string of the molecule is CCCNCC(O)c1cccc(C2CCC2)c1. The maximum Gasteiger partial charge on any atom is 0.0914 e. The fourth-order valence-corrected chi connectivity index (χ4v) is 2.30. The summed E-state index contributed by atoms with van der Waals surface area (Å²) in [7, 11) is 0. The summed E-state index contributed by atoms with van der Waals surface area (Å²) in [5, 5.41) is 13.3. The first-order chi connectivity index (χ1) is 8.31. The highest BCUT2D eigenvalue weighted by Gasteiger charge is 2.20. The van der Waals surface area contributed by atoms with Gasteiger partial charge in [0.2, 0.25) is 0 Å². The Labute approximate surface area is 104 Å². The summed E-state index contributed by atoms with van der Waals surface area (Å²) in [4.78, 5) is 0. The fourth-order valence-electron chi connectivity index (χ4n) is 2.30. The normalized spacial score (nSPS) is 17.8. The average Bonchev–Trinajstić information content (AvgIpc) is 2.27. The van der Waals surface area contributed by atoms with Crippen molar-refractivity contribution >= 4 is 0 Å². The molecule has 0 spiro atoms. The molecule has 94 valence electrons. The van der Waals surface area contributed by atoms with Crippen LogP contribution in [0.2, 0.25) is 0 Å². The lowest BCUT2D eigenvalue weighted by Gasteiger charge is -2.26. The van der Waals surface area contributed by atoms with Gasteiger partial charge in [-0.2, -0.15) is 0 Å². The summed E-state index contributed by atoms with van der Waals surface area (Å²) in [5.74, 6) is 0.741. The van der Waals surface area contributed by atoms with Gasteiger partial charge >= 0.3 is 0 Å². The Morgan fingerprint density at radius 1 is 1.41 bits per heavy atom. The van der Waals surface area contributed by atoms with E-state index in [1.54, 1.807) is 0 Å². The predicted octanol–water partition coefficient (Wildman–Crippen LogP) is 2.99. The highest BCUT2D eigenvalue weighted by molar-refractivity contribution is 5.29. The zero-order valence-corrected chi connectivity index (χ0v) is 10.7. The summed E-state index contributed by atoms with van der Waals surface area (Å²) in [6.07, 6.45) is 4.72. The zero-order chi connectivity index (χ0) is 12.1. The van der Waals surface area contributed by atoms with Gasteiger partial charge in [-0.05, 0) is 42.9 Å². The highest BCUT2D eigenvalue weighted by atomic mass is 16.3. The molecule has 0 radical (unpaired) electrons. The predicted molar refractivity (Wildman–Crippen MR) is 71.2 cm³/mol. The number of aliphatic hydroxyl groups is 1. The minimum Gasteiger partial charge on any atom is -0.387 e. The van der Waals surface area contributed by atoms with E-state index in [1.165, 1.54) is 24.8 Å². The third-order valence-corrected chi connectivity index (χ3v) is 3.64. The van der Waals surface area contributed by atoms with Crippen LogP contribution in [0.25, 0.3) is 0 Å². The molecule has 1 unspecified atom stereocenters. The maximum absolute atomic E-state index is 10.1. The van der Waals surface area contributed by atoms with E-state index >= 15 is 0 Å². The topological polar surface area (TPSA) is 32.3 Å². The van der Waals surface area contributed by atoms with Crippen LogP contribution in [-0.4, -0.2) is 18.2 Å². The van der Waals surface area contributed by atoms with Gasteiger partial charge in [0, 0.05) is 6.54 Å². The molecule has 2 heteroatoms. The first kappa shape index (κ1) is 12.6. The minimum atomic E-state index is -0.374. The molecule has 17 heavy (non-hydrogen) atoms. The van der Waals surface area contributed by atoms with Gasteiger partial charge in [-0.25, -0.2) is 0 Å². The largest absolute Gasteiger partial charge is 0.387 e. The summed E-state index contributed by atoms with van der Waals surface area (Å²) in [5.41, 5.74) is 2.46. The van der Waals surface area contributed by atoms with E-state index in [4.69, 9.17) is 0 Å². The summed E-state index contributed by atoms with van der Waals surface area (Å²) < 4.78 is 0. The molecule has 1 fully saturated rings. The number of hydrogen-bond acceptors (Lipinski definition) is 2. The summed E-state index contributed by atoms with van der Waals surface area (Å²) >= 11 is 0. The Morgan fingerprint density at radius 3 is 2.88 bits per heavy atom. The van der Waals surface area contributed by atoms with Crippen LogP contribution in [0.5, 0.6) is 0 Å². The molecule has 1 aliphatic carbocycles. The van der Waals surface area contributed by atoms with Gasteiger partial charge in [-0.15, -0.1) is 0 Å². The zero-order valence-electron chi connectivity index (χ0n) is 10.7. The van der Waals surface area contributed by atoms with Crippen molar-refractivity contribution in [2.75, 3.05) is 13.1 Å². The first-order valence-corrected chi connectivity index (χ1v) is 6.80. The van der Waals surface area contributed by atoms with Gasteiger partial charge in [0.15, 0.2) is 0 Å². The number of rotatable bonds is 6. The van der Waals surface area contributed by atoms with Crippen molar-refractivity contribution in [3.8, 4) is 0 Å². The van der Waals surface area contributed by atoms with Gasteiger partial charge in [0.05, 0.1) is 6.10 Å².